The fourth-order valence-electron chi connectivity index (χ4n) is 1.10. The van der Waals surface area contributed by atoms with Crippen molar-refractivity contribution >= 4 is 28.6 Å². The van der Waals surface area contributed by atoms with Crippen molar-refractivity contribution in [1.82, 2.24) is 0 Å². The molecule has 1 aromatic rings. The number of carboxylic acids is 1. The Bertz CT molecular complexity index is 336. The number of aryl methyl sites for hydroxylation is 1. The Hall–Kier alpha value is -0.780. The molecule has 0 saturated heterocycles. The molecule has 0 unspecified atom stereocenters. The third kappa shape index (κ3) is 3.17. The van der Waals surface area contributed by atoms with Gasteiger partial charge < -0.3 is 9.84 Å². The highest BCUT2D eigenvalue weighted by molar-refractivity contribution is 14.1. The van der Waals surface area contributed by atoms with Gasteiger partial charge in [0.1, 0.15) is 5.75 Å². The van der Waals surface area contributed by atoms with Crippen molar-refractivity contribution in [3.05, 3.63) is 27.3 Å². The monoisotopic (exact) mass is 306 g/mol. The van der Waals surface area contributed by atoms with E-state index in [1.807, 2.05) is 18.2 Å². The zero-order valence-electron chi connectivity index (χ0n) is 7.79. The van der Waals surface area contributed by atoms with Crippen LogP contribution in [-0.2, 0) is 11.2 Å². The van der Waals surface area contributed by atoms with E-state index < -0.39 is 5.97 Å². The Labute approximate surface area is 96.2 Å². The van der Waals surface area contributed by atoms with Crippen molar-refractivity contribution in [2.45, 2.75) is 12.8 Å². The zero-order valence-corrected chi connectivity index (χ0v) is 9.95. The molecule has 0 atom stereocenters. The first-order valence-electron chi connectivity index (χ1n) is 4.17. The van der Waals surface area contributed by atoms with Gasteiger partial charge in [-0.15, -0.1) is 0 Å². The molecular formula is C10H11IO3. The predicted octanol–water partition coefficient (Wildman–Crippen LogP) is 2.32. The molecule has 0 fully saturated rings. The Morgan fingerprint density at radius 1 is 1.57 bits per heavy atom. The van der Waals surface area contributed by atoms with E-state index in [0.717, 1.165) is 14.9 Å². The smallest absolute Gasteiger partial charge is 0.303 e. The highest BCUT2D eigenvalue weighted by atomic mass is 127. The topological polar surface area (TPSA) is 46.5 Å². The predicted molar refractivity (Wildman–Crippen MR) is 61.7 cm³/mol. The van der Waals surface area contributed by atoms with E-state index in [-0.39, 0.29) is 6.42 Å². The number of benzene rings is 1. The summed E-state index contributed by atoms with van der Waals surface area (Å²) in [7, 11) is 1.61. The number of carboxylic acid groups (broad SMARTS) is 1. The summed E-state index contributed by atoms with van der Waals surface area (Å²) in [6, 6.07) is 5.65. The normalized spacial score (nSPS) is 9.86. The molecule has 0 spiro atoms. The third-order valence-electron chi connectivity index (χ3n) is 1.87. The fraction of sp³-hybridized carbons (Fsp3) is 0.300. The van der Waals surface area contributed by atoms with Crippen LogP contribution in [0.2, 0.25) is 0 Å². The van der Waals surface area contributed by atoms with E-state index in [1.165, 1.54) is 0 Å². The molecule has 0 aliphatic carbocycles. The molecule has 4 heteroatoms. The number of ether oxygens (including phenoxy) is 1. The van der Waals surface area contributed by atoms with Crippen LogP contribution < -0.4 is 4.74 Å². The number of carbonyl (C=O) groups is 1. The van der Waals surface area contributed by atoms with E-state index in [2.05, 4.69) is 22.6 Å². The first-order chi connectivity index (χ1) is 6.63. The van der Waals surface area contributed by atoms with Crippen molar-refractivity contribution in [1.29, 1.82) is 0 Å². The van der Waals surface area contributed by atoms with Crippen LogP contribution in [0.25, 0.3) is 0 Å². The van der Waals surface area contributed by atoms with Crippen LogP contribution in [0.15, 0.2) is 18.2 Å². The minimum atomic E-state index is -0.767. The van der Waals surface area contributed by atoms with Gasteiger partial charge in [0, 0.05) is 9.99 Å². The van der Waals surface area contributed by atoms with E-state index in [9.17, 15) is 4.79 Å². The lowest BCUT2D eigenvalue weighted by Gasteiger charge is -2.05. The summed E-state index contributed by atoms with van der Waals surface area (Å²) in [5.41, 5.74) is 1.05. The lowest BCUT2D eigenvalue weighted by Crippen LogP contribution is -1.99. The number of rotatable bonds is 4. The molecule has 0 aromatic heterocycles. The van der Waals surface area contributed by atoms with Crippen molar-refractivity contribution < 1.29 is 14.6 Å². The summed E-state index contributed by atoms with van der Waals surface area (Å²) in [5.74, 6) is 0.0325. The third-order valence-corrected chi connectivity index (χ3v) is 2.87. The van der Waals surface area contributed by atoms with Crippen LogP contribution in [0.1, 0.15) is 12.0 Å². The molecule has 1 rings (SSSR count). The van der Waals surface area contributed by atoms with Gasteiger partial charge in [0.2, 0.25) is 0 Å². The van der Waals surface area contributed by atoms with Crippen molar-refractivity contribution in [3.8, 4) is 5.75 Å². The molecule has 14 heavy (non-hydrogen) atoms. The van der Waals surface area contributed by atoms with Gasteiger partial charge in [-0.3, -0.25) is 4.79 Å². The van der Waals surface area contributed by atoms with Gasteiger partial charge >= 0.3 is 5.97 Å². The molecule has 0 radical (unpaired) electrons. The van der Waals surface area contributed by atoms with Gasteiger partial charge in [-0.1, -0.05) is 6.07 Å². The van der Waals surface area contributed by atoms with Gasteiger partial charge in [-0.25, -0.2) is 0 Å². The van der Waals surface area contributed by atoms with Gasteiger partial charge in [-0.05, 0) is 46.7 Å². The quantitative estimate of drug-likeness (QED) is 0.868. The number of hydrogen-bond acceptors (Lipinski definition) is 2. The summed E-state index contributed by atoms with van der Waals surface area (Å²) in [6.45, 7) is 0. The number of halogens is 1. The highest BCUT2D eigenvalue weighted by Gasteiger charge is 2.04. The average Bonchev–Trinajstić information content (AvgIpc) is 2.15. The Kier molecular flexibility index (Phi) is 4.19. The largest absolute Gasteiger partial charge is 0.497 e. The molecule has 0 saturated carbocycles. The van der Waals surface area contributed by atoms with E-state index in [4.69, 9.17) is 9.84 Å². The van der Waals surface area contributed by atoms with Crippen LogP contribution in [0.4, 0.5) is 0 Å². The summed E-state index contributed by atoms with van der Waals surface area (Å²) < 4.78 is 6.10. The average molecular weight is 306 g/mol. The lowest BCUT2D eigenvalue weighted by molar-refractivity contribution is -0.136. The molecule has 76 valence electrons. The number of methoxy groups -OCH3 is 1. The Morgan fingerprint density at radius 3 is 2.79 bits per heavy atom. The molecule has 0 heterocycles. The Morgan fingerprint density at radius 2 is 2.29 bits per heavy atom. The van der Waals surface area contributed by atoms with Gasteiger partial charge in [-0.2, -0.15) is 0 Å². The molecular weight excluding hydrogens is 295 g/mol. The van der Waals surface area contributed by atoms with Crippen LogP contribution in [0, 0.1) is 3.57 Å². The van der Waals surface area contributed by atoms with Crippen molar-refractivity contribution in [2.75, 3.05) is 7.11 Å². The molecule has 0 amide bonds. The maximum atomic E-state index is 10.4. The fourth-order valence-corrected chi connectivity index (χ4v) is 1.86. The van der Waals surface area contributed by atoms with Gasteiger partial charge in [0.25, 0.3) is 0 Å². The second-order valence-electron chi connectivity index (χ2n) is 2.85. The molecule has 3 nitrogen and oxygen atoms in total. The minimum absolute atomic E-state index is 0.169. The standard InChI is InChI=1S/C10H11IO3/c1-14-8-4-2-7(9(11)6-8)3-5-10(12)13/h2,4,6H,3,5H2,1H3,(H,12,13). The van der Waals surface area contributed by atoms with Crippen LogP contribution in [0.5, 0.6) is 5.75 Å². The summed E-state index contributed by atoms with van der Waals surface area (Å²) in [4.78, 5) is 10.4. The Balaban J connectivity index is 2.73. The van der Waals surface area contributed by atoms with Gasteiger partial charge in [0.15, 0.2) is 0 Å². The maximum Gasteiger partial charge on any atom is 0.303 e. The lowest BCUT2D eigenvalue weighted by atomic mass is 10.1. The van der Waals surface area contributed by atoms with E-state index in [0.29, 0.717) is 6.42 Å². The maximum absolute atomic E-state index is 10.4. The second-order valence-corrected chi connectivity index (χ2v) is 4.01. The molecule has 1 N–H and O–H groups in total. The number of hydrogen-bond donors (Lipinski definition) is 1. The first kappa shape index (κ1) is 11.3. The highest BCUT2D eigenvalue weighted by Crippen LogP contribution is 2.20. The summed E-state index contributed by atoms with van der Waals surface area (Å²) in [5, 5.41) is 8.54. The molecule has 0 bridgehead atoms. The van der Waals surface area contributed by atoms with Crippen molar-refractivity contribution in [2.24, 2.45) is 0 Å². The van der Waals surface area contributed by atoms with E-state index in [1.54, 1.807) is 7.11 Å². The SMILES string of the molecule is COc1ccc(CCC(=O)O)c(I)c1. The second kappa shape index (κ2) is 5.19. The van der Waals surface area contributed by atoms with Crippen molar-refractivity contribution in [3.63, 3.8) is 0 Å². The number of aliphatic carboxylic acids is 1. The molecule has 0 aliphatic rings. The van der Waals surface area contributed by atoms with Gasteiger partial charge in [0.05, 0.1) is 7.11 Å². The zero-order chi connectivity index (χ0) is 10.6. The van der Waals surface area contributed by atoms with Crippen LogP contribution in [-0.4, -0.2) is 18.2 Å². The van der Waals surface area contributed by atoms with Crippen LogP contribution >= 0.6 is 22.6 Å². The summed E-state index contributed by atoms with van der Waals surface area (Å²) >= 11 is 2.18. The van der Waals surface area contributed by atoms with Crippen LogP contribution in [0.3, 0.4) is 0 Å². The van der Waals surface area contributed by atoms with E-state index >= 15 is 0 Å². The molecule has 1 aromatic carbocycles. The molecule has 0 aliphatic heterocycles. The summed E-state index contributed by atoms with van der Waals surface area (Å²) in [6.07, 6.45) is 0.736. The first-order valence-corrected chi connectivity index (χ1v) is 5.25. The minimum Gasteiger partial charge on any atom is -0.497 e.